The zero-order valence-corrected chi connectivity index (χ0v) is 18.2. The van der Waals surface area contributed by atoms with Crippen molar-refractivity contribution >= 4 is 11.8 Å². The second-order valence-corrected chi connectivity index (χ2v) is 8.94. The summed E-state index contributed by atoms with van der Waals surface area (Å²) in [6.45, 7) is 7.05. The summed E-state index contributed by atoms with van der Waals surface area (Å²) in [5, 5.41) is 3.77. The first kappa shape index (κ1) is 19.9. The number of amides is 2. The van der Waals surface area contributed by atoms with Crippen LogP contribution >= 0.6 is 0 Å². The van der Waals surface area contributed by atoms with E-state index in [1.165, 1.54) is 11.1 Å². The van der Waals surface area contributed by atoms with E-state index in [9.17, 15) is 9.59 Å². The summed E-state index contributed by atoms with van der Waals surface area (Å²) in [5.41, 5.74) is 2.79. The van der Waals surface area contributed by atoms with E-state index in [1.807, 2.05) is 17.1 Å². The molecule has 0 N–H and O–H groups in total. The average Bonchev–Trinajstić information content (AvgIpc) is 3.46. The maximum atomic E-state index is 13.4. The van der Waals surface area contributed by atoms with Gasteiger partial charge in [0.15, 0.2) is 5.82 Å². The predicted octanol–water partition coefficient (Wildman–Crippen LogP) is 1.94. The van der Waals surface area contributed by atoms with Gasteiger partial charge in [-0.3, -0.25) is 9.59 Å². The fourth-order valence-corrected chi connectivity index (χ4v) is 5.06. The molecule has 162 valence electrons. The van der Waals surface area contributed by atoms with Crippen LogP contribution in [-0.2, 0) is 27.4 Å². The lowest BCUT2D eigenvalue weighted by Gasteiger charge is -2.27. The number of ether oxygens (including phenoxy) is 1. The number of aryl methyl sites for hydroxylation is 3. The maximum absolute atomic E-state index is 13.4. The van der Waals surface area contributed by atoms with Crippen molar-refractivity contribution in [2.45, 2.75) is 45.6 Å². The molecule has 2 amide bonds. The fraction of sp³-hybridized carbons (Fsp3) is 0.478. The lowest BCUT2D eigenvalue weighted by molar-refractivity contribution is -0.143. The molecular formula is C23H26N4O4. The number of carbonyl (C=O) groups is 2. The van der Waals surface area contributed by atoms with E-state index < -0.39 is 17.4 Å². The Balaban J connectivity index is 1.35. The molecule has 0 unspecified atom stereocenters. The van der Waals surface area contributed by atoms with Gasteiger partial charge in [0.05, 0.1) is 31.0 Å². The minimum absolute atomic E-state index is 0.0227. The summed E-state index contributed by atoms with van der Waals surface area (Å²) in [7, 11) is 1.69. The van der Waals surface area contributed by atoms with Crippen molar-refractivity contribution in [2.24, 2.45) is 11.8 Å². The summed E-state index contributed by atoms with van der Waals surface area (Å²) in [6.07, 6.45) is 3.53. The number of nitrogens with zero attached hydrogens (tertiary/aromatic N) is 4. The van der Waals surface area contributed by atoms with Crippen molar-refractivity contribution < 1.29 is 18.8 Å². The Morgan fingerprint density at radius 2 is 2.10 bits per heavy atom. The van der Waals surface area contributed by atoms with Gasteiger partial charge in [-0.1, -0.05) is 35.5 Å². The molecule has 0 aliphatic carbocycles. The Kier molecular flexibility index (Phi) is 4.51. The van der Waals surface area contributed by atoms with Gasteiger partial charge in [-0.05, 0) is 37.5 Å². The Morgan fingerprint density at radius 3 is 2.81 bits per heavy atom. The normalized spacial score (nSPS) is 28.5. The fourth-order valence-electron chi connectivity index (χ4n) is 5.06. The molecule has 31 heavy (non-hydrogen) atoms. The molecule has 3 aliphatic heterocycles. The van der Waals surface area contributed by atoms with Gasteiger partial charge in [0.1, 0.15) is 5.60 Å². The monoisotopic (exact) mass is 422 g/mol. The molecule has 8 nitrogen and oxygen atoms in total. The molecule has 5 rings (SSSR count). The van der Waals surface area contributed by atoms with Gasteiger partial charge in [-0.2, -0.15) is 4.98 Å². The highest BCUT2D eigenvalue weighted by Crippen LogP contribution is 2.52. The van der Waals surface area contributed by atoms with E-state index in [2.05, 4.69) is 42.2 Å². The number of fused-ring (bicyclic) bond motifs is 1. The van der Waals surface area contributed by atoms with Crippen molar-refractivity contribution in [3.05, 3.63) is 58.8 Å². The molecule has 4 atom stereocenters. The molecule has 1 aromatic carbocycles. The average molecular weight is 422 g/mol. The van der Waals surface area contributed by atoms with E-state index in [1.54, 1.807) is 18.9 Å². The summed E-state index contributed by atoms with van der Waals surface area (Å²) < 4.78 is 11.4. The van der Waals surface area contributed by atoms with Crippen molar-refractivity contribution in [2.75, 3.05) is 13.6 Å². The number of hydrogen-bond acceptors (Lipinski definition) is 6. The maximum Gasteiger partial charge on any atom is 0.246 e. The summed E-state index contributed by atoms with van der Waals surface area (Å²) in [5.74, 6) is -0.320. The lowest BCUT2D eigenvalue weighted by Crippen LogP contribution is -2.44. The van der Waals surface area contributed by atoms with Crippen LogP contribution in [0.15, 0.2) is 34.9 Å². The van der Waals surface area contributed by atoms with E-state index in [4.69, 9.17) is 9.26 Å². The van der Waals surface area contributed by atoms with Gasteiger partial charge in [0, 0.05) is 13.6 Å². The van der Waals surface area contributed by atoms with Gasteiger partial charge in [-0.15, -0.1) is 0 Å². The van der Waals surface area contributed by atoms with Crippen LogP contribution in [-0.4, -0.2) is 57.1 Å². The van der Waals surface area contributed by atoms with Gasteiger partial charge >= 0.3 is 0 Å². The Hall–Kier alpha value is -3.00. The minimum atomic E-state index is -0.719. The second-order valence-electron chi connectivity index (χ2n) is 8.94. The molecule has 2 bridgehead atoms. The van der Waals surface area contributed by atoms with Crippen LogP contribution in [0.4, 0.5) is 0 Å². The molecular weight excluding hydrogens is 396 g/mol. The molecule has 0 radical (unpaired) electrons. The van der Waals surface area contributed by atoms with Crippen LogP contribution in [0.25, 0.3) is 0 Å². The van der Waals surface area contributed by atoms with Crippen LogP contribution in [0.5, 0.6) is 0 Å². The number of aromatic nitrogens is 2. The molecule has 0 saturated carbocycles. The Morgan fingerprint density at radius 1 is 1.29 bits per heavy atom. The molecule has 2 fully saturated rings. The third kappa shape index (κ3) is 3.17. The third-order valence-electron chi connectivity index (χ3n) is 6.73. The molecule has 2 aromatic rings. The van der Waals surface area contributed by atoms with E-state index in [0.29, 0.717) is 24.8 Å². The highest BCUT2D eigenvalue weighted by molar-refractivity contribution is 5.93. The van der Waals surface area contributed by atoms with Gasteiger partial charge in [0.2, 0.25) is 17.7 Å². The first-order valence-corrected chi connectivity index (χ1v) is 10.5. The van der Waals surface area contributed by atoms with Crippen molar-refractivity contribution in [3.8, 4) is 0 Å². The first-order chi connectivity index (χ1) is 14.8. The smallest absolute Gasteiger partial charge is 0.246 e. The highest BCUT2D eigenvalue weighted by Gasteiger charge is 2.67. The SMILES string of the molecule is Cc1noc(CN(C)C(=O)[C@H]2[C@@H]3C=C[C@@]4(CN(Cc5ccc(C)c(C)c5)C(=O)[C@H]24)O3)n1. The van der Waals surface area contributed by atoms with Crippen molar-refractivity contribution in [1.82, 2.24) is 19.9 Å². The van der Waals surface area contributed by atoms with Gasteiger partial charge in [-0.25, -0.2) is 0 Å². The first-order valence-electron chi connectivity index (χ1n) is 10.5. The van der Waals surface area contributed by atoms with E-state index >= 15 is 0 Å². The molecule has 2 saturated heterocycles. The van der Waals surface area contributed by atoms with Crippen LogP contribution in [0.1, 0.15) is 28.4 Å². The molecule has 4 heterocycles. The number of benzene rings is 1. The second kappa shape index (κ2) is 7.02. The molecule has 1 spiro atoms. The zero-order chi connectivity index (χ0) is 21.9. The quantitative estimate of drug-likeness (QED) is 0.684. The van der Waals surface area contributed by atoms with Crippen LogP contribution in [0.3, 0.4) is 0 Å². The minimum Gasteiger partial charge on any atom is -0.360 e. The van der Waals surface area contributed by atoms with Crippen molar-refractivity contribution in [1.29, 1.82) is 0 Å². The van der Waals surface area contributed by atoms with E-state index in [0.717, 1.165) is 5.56 Å². The Labute approximate surface area is 180 Å². The number of rotatable bonds is 5. The van der Waals surface area contributed by atoms with Crippen LogP contribution in [0.2, 0.25) is 0 Å². The number of carbonyl (C=O) groups excluding carboxylic acids is 2. The summed E-state index contributed by atoms with van der Waals surface area (Å²) in [4.78, 5) is 34.3. The molecule has 8 heteroatoms. The zero-order valence-electron chi connectivity index (χ0n) is 18.2. The van der Waals surface area contributed by atoms with E-state index in [-0.39, 0.29) is 24.5 Å². The topological polar surface area (TPSA) is 88.8 Å². The van der Waals surface area contributed by atoms with Crippen LogP contribution < -0.4 is 0 Å². The largest absolute Gasteiger partial charge is 0.360 e. The van der Waals surface area contributed by atoms with Crippen LogP contribution in [0, 0.1) is 32.6 Å². The van der Waals surface area contributed by atoms with Crippen molar-refractivity contribution in [3.63, 3.8) is 0 Å². The summed E-state index contributed by atoms with van der Waals surface area (Å²) >= 11 is 0. The standard InChI is InChI=1S/C23H26N4O4/c1-13-5-6-16(9-14(13)2)10-27-12-23-8-7-17(30-23)19(20(23)22(27)29)21(28)26(4)11-18-24-15(3)25-31-18/h5-9,17,19-20H,10-12H2,1-4H3/t17-,19-,20-,23-/m0/s1. The molecule has 1 aromatic heterocycles. The Bertz CT molecular complexity index is 1090. The summed E-state index contributed by atoms with van der Waals surface area (Å²) in [6, 6.07) is 6.25. The third-order valence-corrected chi connectivity index (χ3v) is 6.73. The lowest BCUT2D eigenvalue weighted by atomic mass is 9.76. The van der Waals surface area contributed by atoms with Gasteiger partial charge < -0.3 is 19.1 Å². The number of hydrogen-bond donors (Lipinski definition) is 0. The highest BCUT2D eigenvalue weighted by atomic mass is 16.5. The molecule has 3 aliphatic rings. The predicted molar refractivity (Wildman–Crippen MR) is 111 cm³/mol. The van der Waals surface area contributed by atoms with Gasteiger partial charge in [0.25, 0.3) is 0 Å². The number of likely N-dealkylation sites (tertiary alicyclic amines) is 1.